The van der Waals surface area contributed by atoms with Gasteiger partial charge in [-0.25, -0.2) is 0 Å². The zero-order chi connectivity index (χ0) is 17.6. The predicted octanol–water partition coefficient (Wildman–Crippen LogP) is 4.01. The number of nitrogens with one attached hydrogen (secondary N) is 1. The average molecular weight is 469 g/mol. The molecular formula is C17H15Br2N3O3. The SMILES string of the molecule is O=C(NCCn1cc(Br)cn1)c1ccc(COc2ccc(Br)cc2)o1. The third-order valence-electron chi connectivity index (χ3n) is 3.31. The molecule has 6 nitrogen and oxygen atoms in total. The summed E-state index contributed by atoms with van der Waals surface area (Å²) < 4.78 is 14.8. The Hall–Kier alpha value is -2.06. The molecule has 1 amide bonds. The number of ether oxygens (including phenoxy) is 1. The molecule has 25 heavy (non-hydrogen) atoms. The minimum absolute atomic E-state index is 0.260. The van der Waals surface area contributed by atoms with Gasteiger partial charge in [-0.2, -0.15) is 5.10 Å². The van der Waals surface area contributed by atoms with E-state index in [4.69, 9.17) is 9.15 Å². The van der Waals surface area contributed by atoms with Crippen LogP contribution in [-0.4, -0.2) is 22.2 Å². The number of benzene rings is 1. The van der Waals surface area contributed by atoms with Gasteiger partial charge >= 0.3 is 0 Å². The minimum Gasteiger partial charge on any atom is -0.486 e. The van der Waals surface area contributed by atoms with E-state index in [0.717, 1.165) is 14.7 Å². The van der Waals surface area contributed by atoms with E-state index in [2.05, 4.69) is 42.3 Å². The summed E-state index contributed by atoms with van der Waals surface area (Å²) in [6, 6.07) is 10.9. The van der Waals surface area contributed by atoms with Gasteiger partial charge in [0.05, 0.1) is 17.2 Å². The van der Waals surface area contributed by atoms with Crippen molar-refractivity contribution in [3.8, 4) is 5.75 Å². The molecule has 0 unspecified atom stereocenters. The quantitative estimate of drug-likeness (QED) is 0.568. The lowest BCUT2D eigenvalue weighted by Crippen LogP contribution is -2.27. The molecule has 0 spiro atoms. The fourth-order valence-corrected chi connectivity index (χ4v) is 2.69. The van der Waals surface area contributed by atoms with E-state index in [-0.39, 0.29) is 18.3 Å². The average Bonchev–Trinajstić information content (AvgIpc) is 3.23. The number of halogens is 2. The van der Waals surface area contributed by atoms with Crippen LogP contribution >= 0.6 is 31.9 Å². The molecule has 0 atom stereocenters. The predicted molar refractivity (Wildman–Crippen MR) is 99.4 cm³/mol. The lowest BCUT2D eigenvalue weighted by Gasteiger charge is -2.05. The maximum atomic E-state index is 12.1. The number of carbonyl (C=O) groups is 1. The van der Waals surface area contributed by atoms with Crippen molar-refractivity contribution in [2.24, 2.45) is 0 Å². The van der Waals surface area contributed by atoms with Gasteiger partial charge in [0.15, 0.2) is 5.76 Å². The fraction of sp³-hybridized carbons (Fsp3) is 0.176. The van der Waals surface area contributed by atoms with Crippen molar-refractivity contribution in [2.45, 2.75) is 13.2 Å². The zero-order valence-corrected chi connectivity index (χ0v) is 16.3. The van der Waals surface area contributed by atoms with Crippen LogP contribution in [0.25, 0.3) is 0 Å². The Balaban J connectivity index is 1.46. The summed E-state index contributed by atoms with van der Waals surface area (Å²) in [4.78, 5) is 12.1. The van der Waals surface area contributed by atoms with Crippen molar-refractivity contribution in [3.05, 3.63) is 69.3 Å². The Morgan fingerprint density at radius 2 is 1.96 bits per heavy atom. The van der Waals surface area contributed by atoms with Gasteiger partial charge in [0.25, 0.3) is 5.91 Å². The number of aromatic nitrogens is 2. The van der Waals surface area contributed by atoms with Gasteiger partial charge in [-0.1, -0.05) is 15.9 Å². The molecule has 130 valence electrons. The molecule has 0 aliphatic rings. The maximum absolute atomic E-state index is 12.1. The van der Waals surface area contributed by atoms with Crippen LogP contribution in [-0.2, 0) is 13.2 Å². The second kappa shape index (κ2) is 8.35. The van der Waals surface area contributed by atoms with E-state index >= 15 is 0 Å². The first kappa shape index (κ1) is 17.8. The van der Waals surface area contributed by atoms with E-state index < -0.39 is 0 Å². The van der Waals surface area contributed by atoms with Gasteiger partial charge in [-0.05, 0) is 52.3 Å². The molecule has 1 N–H and O–H groups in total. The molecule has 0 fully saturated rings. The van der Waals surface area contributed by atoms with Crippen molar-refractivity contribution in [1.82, 2.24) is 15.1 Å². The van der Waals surface area contributed by atoms with Crippen LogP contribution in [0.2, 0.25) is 0 Å². The van der Waals surface area contributed by atoms with E-state index in [1.54, 1.807) is 23.0 Å². The molecule has 0 radical (unpaired) electrons. The highest BCUT2D eigenvalue weighted by atomic mass is 79.9. The van der Waals surface area contributed by atoms with Crippen LogP contribution in [0.1, 0.15) is 16.3 Å². The highest BCUT2D eigenvalue weighted by Gasteiger charge is 2.11. The van der Waals surface area contributed by atoms with E-state index in [0.29, 0.717) is 18.8 Å². The van der Waals surface area contributed by atoms with Gasteiger partial charge in [0.2, 0.25) is 0 Å². The largest absolute Gasteiger partial charge is 0.486 e. The summed E-state index contributed by atoms with van der Waals surface area (Å²) in [6.07, 6.45) is 3.54. The standard InChI is InChI=1S/C17H15Br2N3O3/c18-12-1-3-14(4-2-12)24-11-15-5-6-16(25-15)17(23)20-7-8-22-10-13(19)9-21-22/h1-6,9-10H,7-8,11H2,(H,20,23). The molecule has 3 rings (SSSR count). The van der Waals surface area contributed by atoms with E-state index in [1.165, 1.54) is 0 Å². The summed E-state index contributed by atoms with van der Waals surface area (Å²) >= 11 is 6.70. The Morgan fingerprint density at radius 1 is 1.16 bits per heavy atom. The van der Waals surface area contributed by atoms with Gasteiger partial charge in [-0.15, -0.1) is 0 Å². The van der Waals surface area contributed by atoms with Crippen LogP contribution < -0.4 is 10.1 Å². The molecule has 0 saturated heterocycles. The summed E-state index contributed by atoms with van der Waals surface area (Å²) in [6.45, 7) is 1.30. The molecular weight excluding hydrogens is 454 g/mol. The van der Waals surface area contributed by atoms with Crippen molar-refractivity contribution >= 4 is 37.8 Å². The minimum atomic E-state index is -0.263. The summed E-state index contributed by atoms with van der Waals surface area (Å²) in [7, 11) is 0. The summed E-state index contributed by atoms with van der Waals surface area (Å²) in [5, 5.41) is 6.92. The normalized spacial score (nSPS) is 10.6. The van der Waals surface area contributed by atoms with E-state index in [1.807, 2.05) is 30.5 Å². The first-order chi connectivity index (χ1) is 12.1. The molecule has 2 aromatic heterocycles. The van der Waals surface area contributed by atoms with Crippen molar-refractivity contribution < 1.29 is 13.9 Å². The Bertz CT molecular complexity index is 843. The van der Waals surface area contributed by atoms with Crippen molar-refractivity contribution in [1.29, 1.82) is 0 Å². The molecule has 3 aromatic rings. The van der Waals surface area contributed by atoms with Gasteiger partial charge < -0.3 is 14.5 Å². The van der Waals surface area contributed by atoms with Crippen LogP contribution in [0.4, 0.5) is 0 Å². The molecule has 0 aliphatic heterocycles. The third-order valence-corrected chi connectivity index (χ3v) is 4.25. The van der Waals surface area contributed by atoms with Crippen LogP contribution in [0, 0.1) is 0 Å². The molecule has 0 saturated carbocycles. The maximum Gasteiger partial charge on any atom is 0.287 e. The van der Waals surface area contributed by atoms with Crippen LogP contribution in [0.3, 0.4) is 0 Å². The smallest absolute Gasteiger partial charge is 0.287 e. The number of amides is 1. The first-order valence-electron chi connectivity index (χ1n) is 7.53. The second-order valence-electron chi connectivity index (χ2n) is 5.19. The zero-order valence-electron chi connectivity index (χ0n) is 13.1. The lowest BCUT2D eigenvalue weighted by molar-refractivity contribution is 0.0920. The summed E-state index contributed by atoms with van der Waals surface area (Å²) in [5.41, 5.74) is 0. The van der Waals surface area contributed by atoms with Crippen LogP contribution in [0.15, 0.2) is 62.2 Å². The van der Waals surface area contributed by atoms with Crippen LogP contribution in [0.5, 0.6) is 5.75 Å². The highest BCUT2D eigenvalue weighted by molar-refractivity contribution is 9.10. The van der Waals surface area contributed by atoms with Gasteiger partial charge in [-0.3, -0.25) is 9.48 Å². The monoisotopic (exact) mass is 467 g/mol. The second-order valence-corrected chi connectivity index (χ2v) is 7.02. The molecule has 2 heterocycles. The molecule has 8 heteroatoms. The van der Waals surface area contributed by atoms with Gasteiger partial charge in [0.1, 0.15) is 18.1 Å². The Kier molecular flexibility index (Phi) is 5.93. The van der Waals surface area contributed by atoms with Crippen molar-refractivity contribution in [2.75, 3.05) is 6.54 Å². The third kappa shape index (κ3) is 5.20. The Labute approximate surface area is 161 Å². The topological polar surface area (TPSA) is 69.3 Å². The molecule has 0 aliphatic carbocycles. The fourth-order valence-electron chi connectivity index (χ4n) is 2.09. The molecule has 0 bridgehead atoms. The summed E-state index contributed by atoms with van der Waals surface area (Å²) in [5.74, 6) is 1.32. The number of nitrogens with zero attached hydrogens (tertiary/aromatic N) is 2. The molecule has 1 aromatic carbocycles. The highest BCUT2D eigenvalue weighted by Crippen LogP contribution is 2.18. The number of carbonyl (C=O) groups excluding carboxylic acids is 1. The number of furan rings is 1. The van der Waals surface area contributed by atoms with Gasteiger partial charge in [0, 0.05) is 17.2 Å². The lowest BCUT2D eigenvalue weighted by atomic mass is 10.3. The first-order valence-corrected chi connectivity index (χ1v) is 9.12. The van der Waals surface area contributed by atoms with E-state index in [9.17, 15) is 4.79 Å². The Morgan fingerprint density at radius 3 is 2.68 bits per heavy atom. The number of hydrogen-bond acceptors (Lipinski definition) is 4. The van der Waals surface area contributed by atoms with Crippen molar-refractivity contribution in [3.63, 3.8) is 0 Å². The number of rotatable bonds is 7. The number of hydrogen-bond donors (Lipinski definition) is 1.